The van der Waals surface area contributed by atoms with Gasteiger partial charge in [0.2, 0.25) is 0 Å². The van der Waals surface area contributed by atoms with Crippen molar-refractivity contribution >= 4 is 65.7 Å². The average molecular weight is 883 g/mol. The summed E-state index contributed by atoms with van der Waals surface area (Å²) in [7, 11) is 0. The fraction of sp³-hybridized carbons (Fsp3) is 0. The van der Waals surface area contributed by atoms with Gasteiger partial charge in [0.15, 0.2) is 17.5 Å². The molecule has 0 unspecified atom stereocenters. The van der Waals surface area contributed by atoms with E-state index in [4.69, 9.17) is 23.8 Å². The minimum atomic E-state index is 0.571. The van der Waals surface area contributed by atoms with Crippen LogP contribution in [0.5, 0.6) is 0 Å². The molecule has 0 atom stereocenters. The lowest BCUT2D eigenvalue weighted by Gasteiger charge is -2.16. The van der Waals surface area contributed by atoms with Crippen LogP contribution in [0, 0.1) is 0 Å². The molecule has 0 aliphatic carbocycles. The summed E-state index contributed by atoms with van der Waals surface area (Å²) < 4.78 is 15.7. The number of nitrogens with zero attached hydrogens (tertiary/aromatic N) is 4. The first kappa shape index (κ1) is 38.8. The first-order valence-corrected chi connectivity index (χ1v) is 23.2. The summed E-state index contributed by atoms with van der Waals surface area (Å²) in [6.07, 6.45) is 0. The molecule has 0 fully saturated rings. The Labute approximate surface area is 396 Å². The molecular weight excluding hydrogens is 845 g/mol. The maximum absolute atomic E-state index is 6.68. The normalized spacial score (nSPS) is 11.8. The van der Waals surface area contributed by atoms with Crippen molar-refractivity contribution in [1.82, 2.24) is 19.5 Å². The van der Waals surface area contributed by atoms with Gasteiger partial charge in [-0.2, -0.15) is 0 Å². The van der Waals surface area contributed by atoms with Gasteiger partial charge in [0, 0.05) is 49.2 Å². The van der Waals surface area contributed by atoms with Crippen LogP contribution in [0.1, 0.15) is 0 Å². The van der Waals surface area contributed by atoms with E-state index in [1.54, 1.807) is 0 Å². The van der Waals surface area contributed by atoms with Crippen molar-refractivity contribution in [2.75, 3.05) is 0 Å². The molecule has 0 spiro atoms. The summed E-state index contributed by atoms with van der Waals surface area (Å²) in [6.45, 7) is 0. The SMILES string of the molecule is c1ccc(-c2ccc(-c3nc(-c4ccccc4)nc(-c4ccc5c(c4)oc4ccc(-c6ccc7oc8ccccc8c7c6-n6c7ccccc7c7cc(-c8ccccc8)ccc76)cc45)n3)cc2)cc1. The molecule has 0 aliphatic heterocycles. The van der Waals surface area contributed by atoms with Crippen molar-refractivity contribution in [3.05, 3.63) is 231 Å². The van der Waals surface area contributed by atoms with E-state index in [-0.39, 0.29) is 0 Å². The minimum absolute atomic E-state index is 0.571. The lowest BCUT2D eigenvalue weighted by atomic mass is 9.97. The third kappa shape index (κ3) is 6.45. The van der Waals surface area contributed by atoms with Gasteiger partial charge in [0.1, 0.15) is 22.3 Å². The molecule has 10 aromatic carbocycles. The highest BCUT2D eigenvalue weighted by molar-refractivity contribution is 6.17. The van der Waals surface area contributed by atoms with Crippen molar-refractivity contribution < 1.29 is 8.83 Å². The number of hydrogen-bond donors (Lipinski definition) is 0. The minimum Gasteiger partial charge on any atom is -0.456 e. The summed E-state index contributed by atoms with van der Waals surface area (Å²) in [5.74, 6) is 1.78. The zero-order valence-corrected chi connectivity index (χ0v) is 37.0. The van der Waals surface area contributed by atoms with Crippen LogP contribution in [0.3, 0.4) is 0 Å². The fourth-order valence-corrected chi connectivity index (χ4v) is 10.2. The highest BCUT2D eigenvalue weighted by Crippen LogP contribution is 2.45. The Morgan fingerprint density at radius 2 is 0.768 bits per heavy atom. The maximum Gasteiger partial charge on any atom is 0.164 e. The zero-order chi connectivity index (χ0) is 45.4. The van der Waals surface area contributed by atoms with Gasteiger partial charge in [-0.1, -0.05) is 170 Å². The number of rotatable bonds is 7. The van der Waals surface area contributed by atoms with Crippen LogP contribution in [0.4, 0.5) is 0 Å². The molecule has 4 aromatic heterocycles. The Bertz CT molecular complexity index is 4290. The van der Waals surface area contributed by atoms with Crippen molar-refractivity contribution in [2.45, 2.75) is 0 Å². The van der Waals surface area contributed by atoms with Crippen LogP contribution >= 0.6 is 0 Å². The lowest BCUT2D eigenvalue weighted by molar-refractivity contribution is 0.668. The van der Waals surface area contributed by atoms with Crippen molar-refractivity contribution in [1.29, 1.82) is 0 Å². The smallest absolute Gasteiger partial charge is 0.164 e. The first-order valence-electron chi connectivity index (χ1n) is 23.2. The molecule has 14 aromatic rings. The maximum atomic E-state index is 6.68. The number of para-hydroxylation sites is 2. The summed E-state index contributed by atoms with van der Waals surface area (Å²) in [6, 6.07) is 80.5. The molecule has 0 N–H and O–H groups in total. The molecule has 6 heteroatoms. The van der Waals surface area contributed by atoms with E-state index in [0.717, 1.165) is 99.5 Å². The largest absolute Gasteiger partial charge is 0.456 e. The number of benzene rings is 10. The molecule has 0 saturated heterocycles. The Balaban J connectivity index is 0.925. The van der Waals surface area contributed by atoms with Crippen molar-refractivity contribution in [2.24, 2.45) is 0 Å². The summed E-state index contributed by atoms with van der Waals surface area (Å²) in [5, 5.41) is 6.54. The molecular formula is C63H38N4O2. The first-order chi connectivity index (χ1) is 34.2. The van der Waals surface area contributed by atoms with Crippen LogP contribution in [-0.2, 0) is 0 Å². The summed E-state index contributed by atoms with van der Waals surface area (Å²) in [5.41, 5.74) is 16.0. The highest BCUT2D eigenvalue weighted by atomic mass is 16.3. The lowest BCUT2D eigenvalue weighted by Crippen LogP contribution is -2.00. The van der Waals surface area contributed by atoms with E-state index >= 15 is 0 Å². The number of furan rings is 2. The van der Waals surface area contributed by atoms with Gasteiger partial charge < -0.3 is 13.4 Å². The van der Waals surface area contributed by atoms with Gasteiger partial charge in [-0.15, -0.1) is 0 Å². The predicted molar refractivity (Wildman–Crippen MR) is 281 cm³/mol. The van der Waals surface area contributed by atoms with Gasteiger partial charge in [-0.05, 0) is 88.5 Å². The molecule has 322 valence electrons. The highest BCUT2D eigenvalue weighted by Gasteiger charge is 2.23. The predicted octanol–water partition coefficient (Wildman–Crippen LogP) is 16.8. The quantitative estimate of drug-likeness (QED) is 0.159. The standard InChI is InChI=1S/C63H38N4O2/c1-4-14-39(15-5-1)41-24-26-43(27-25-41)62-64-61(42-18-8-3-9-19-42)65-63(66-62)46-28-31-49-52-37-45(30-34-56(52)69-58(49)38-46)47-32-35-57-59(50-21-11-13-23-55(50)68-57)60(47)67-53-22-12-10-20-48(53)51-36-44(29-33-54(51)67)40-16-6-2-7-17-40/h1-38H. The van der Waals surface area contributed by atoms with Crippen LogP contribution < -0.4 is 0 Å². The van der Waals surface area contributed by atoms with Crippen LogP contribution in [0.2, 0.25) is 0 Å². The molecule has 0 saturated carbocycles. The van der Waals surface area contributed by atoms with E-state index < -0.39 is 0 Å². The second-order valence-electron chi connectivity index (χ2n) is 17.5. The average Bonchev–Trinajstić information content (AvgIpc) is 4.10. The Morgan fingerprint density at radius 3 is 1.52 bits per heavy atom. The molecule has 0 amide bonds. The van der Waals surface area contributed by atoms with Gasteiger partial charge in [0.25, 0.3) is 0 Å². The fourth-order valence-electron chi connectivity index (χ4n) is 10.2. The monoisotopic (exact) mass is 882 g/mol. The Hall–Kier alpha value is -9.39. The molecule has 0 radical (unpaired) electrons. The molecule has 6 nitrogen and oxygen atoms in total. The van der Waals surface area contributed by atoms with E-state index in [1.165, 1.54) is 21.9 Å². The van der Waals surface area contributed by atoms with Crippen LogP contribution in [0.25, 0.3) is 139 Å². The van der Waals surface area contributed by atoms with Crippen molar-refractivity contribution in [3.8, 4) is 73.2 Å². The van der Waals surface area contributed by atoms with Crippen LogP contribution in [-0.4, -0.2) is 19.5 Å². The van der Waals surface area contributed by atoms with Gasteiger partial charge >= 0.3 is 0 Å². The summed E-state index contributed by atoms with van der Waals surface area (Å²) in [4.78, 5) is 15.1. The Morgan fingerprint density at radius 1 is 0.275 bits per heavy atom. The van der Waals surface area contributed by atoms with E-state index in [0.29, 0.717) is 17.5 Å². The molecule has 69 heavy (non-hydrogen) atoms. The number of hydrogen-bond acceptors (Lipinski definition) is 5. The Kier molecular flexibility index (Phi) is 8.79. The van der Waals surface area contributed by atoms with E-state index in [9.17, 15) is 0 Å². The zero-order valence-electron chi connectivity index (χ0n) is 37.0. The van der Waals surface area contributed by atoms with Gasteiger partial charge in [-0.25, -0.2) is 15.0 Å². The van der Waals surface area contributed by atoms with Gasteiger partial charge in [-0.3, -0.25) is 0 Å². The van der Waals surface area contributed by atoms with E-state index in [2.05, 4.69) is 193 Å². The summed E-state index contributed by atoms with van der Waals surface area (Å²) >= 11 is 0. The third-order valence-electron chi connectivity index (χ3n) is 13.5. The third-order valence-corrected chi connectivity index (χ3v) is 13.5. The van der Waals surface area contributed by atoms with E-state index in [1.807, 2.05) is 42.5 Å². The number of aromatic nitrogens is 4. The van der Waals surface area contributed by atoms with Gasteiger partial charge in [0.05, 0.1) is 22.1 Å². The molecule has 4 heterocycles. The molecule has 14 rings (SSSR count). The van der Waals surface area contributed by atoms with Crippen LogP contribution in [0.15, 0.2) is 239 Å². The second-order valence-corrected chi connectivity index (χ2v) is 17.5. The molecule has 0 aliphatic rings. The van der Waals surface area contributed by atoms with Crippen molar-refractivity contribution in [3.63, 3.8) is 0 Å². The number of fused-ring (bicyclic) bond motifs is 9. The topological polar surface area (TPSA) is 69.9 Å². The second kappa shape index (κ2) is 15.6. The molecule has 0 bridgehead atoms.